The summed E-state index contributed by atoms with van der Waals surface area (Å²) >= 11 is 0. The second kappa shape index (κ2) is 8.46. The average Bonchev–Trinajstić information content (AvgIpc) is 2.37. The maximum atomic E-state index is 13.8. The number of allylic oxidation sites excluding steroid dienone is 2. The quantitative estimate of drug-likeness (QED) is 0.713. The Labute approximate surface area is 118 Å². The zero-order valence-corrected chi connectivity index (χ0v) is 11.8. The van der Waals surface area contributed by atoms with Crippen molar-refractivity contribution >= 4 is 11.5 Å². The first-order chi connectivity index (χ1) is 9.54. The van der Waals surface area contributed by atoms with Crippen LogP contribution in [0.5, 0.6) is 0 Å². The van der Waals surface area contributed by atoms with E-state index in [0.717, 1.165) is 43.7 Å². The summed E-state index contributed by atoms with van der Waals surface area (Å²) in [5.74, 6) is -1.39. The first kappa shape index (κ1) is 16.3. The topological polar surface area (TPSA) is 43.1 Å². The van der Waals surface area contributed by atoms with Crippen LogP contribution < -0.4 is 5.73 Å². The minimum absolute atomic E-state index is 0.299. The number of carbonyl (C=O) groups is 1. The Kier molecular flexibility index (Phi) is 6.91. The van der Waals surface area contributed by atoms with Gasteiger partial charge in [0.2, 0.25) is 5.91 Å². The lowest BCUT2D eigenvalue weighted by atomic mass is 9.98. The first-order valence-corrected chi connectivity index (χ1v) is 6.97. The van der Waals surface area contributed by atoms with E-state index >= 15 is 0 Å². The van der Waals surface area contributed by atoms with Crippen molar-refractivity contribution in [3.05, 3.63) is 41.5 Å². The molecule has 2 nitrogen and oxygen atoms in total. The number of unbranched alkanes of at least 4 members (excludes halogenated alkanes) is 2. The van der Waals surface area contributed by atoms with Crippen LogP contribution in [0.25, 0.3) is 5.57 Å². The molecule has 2 N–H and O–H groups in total. The number of primary amides is 1. The van der Waals surface area contributed by atoms with E-state index in [9.17, 15) is 13.6 Å². The van der Waals surface area contributed by atoms with Crippen molar-refractivity contribution < 1.29 is 13.6 Å². The van der Waals surface area contributed by atoms with Gasteiger partial charge in [-0.3, -0.25) is 4.79 Å². The van der Waals surface area contributed by atoms with Gasteiger partial charge >= 0.3 is 0 Å². The van der Waals surface area contributed by atoms with Crippen molar-refractivity contribution in [3.8, 4) is 0 Å². The number of hydrogen-bond acceptors (Lipinski definition) is 1. The molecular weight excluding hydrogens is 260 g/mol. The van der Waals surface area contributed by atoms with Crippen LogP contribution in [-0.2, 0) is 4.79 Å². The summed E-state index contributed by atoms with van der Waals surface area (Å²) in [6, 6.07) is 3.66. The Bertz CT molecular complexity index is 483. The zero-order chi connectivity index (χ0) is 15.0. The molecule has 0 aromatic heterocycles. The molecule has 0 fully saturated rings. The minimum Gasteiger partial charge on any atom is -0.370 e. The third kappa shape index (κ3) is 5.51. The summed E-state index contributed by atoms with van der Waals surface area (Å²) in [7, 11) is 0. The molecule has 0 atom stereocenters. The van der Waals surface area contributed by atoms with Crippen molar-refractivity contribution in [2.24, 2.45) is 5.73 Å². The van der Waals surface area contributed by atoms with Crippen molar-refractivity contribution in [1.82, 2.24) is 0 Å². The van der Waals surface area contributed by atoms with E-state index in [1.807, 2.05) is 13.0 Å². The van der Waals surface area contributed by atoms with E-state index in [1.54, 1.807) is 0 Å². The molecule has 0 aliphatic rings. The largest absolute Gasteiger partial charge is 0.370 e. The molecule has 0 aliphatic heterocycles. The third-order valence-electron chi connectivity index (χ3n) is 3.06. The van der Waals surface area contributed by atoms with Crippen molar-refractivity contribution in [2.75, 3.05) is 0 Å². The molecule has 1 rings (SSSR count). The maximum absolute atomic E-state index is 13.8. The van der Waals surface area contributed by atoms with Crippen LogP contribution in [0.1, 0.15) is 51.0 Å². The second-order valence-corrected chi connectivity index (χ2v) is 4.82. The van der Waals surface area contributed by atoms with Gasteiger partial charge in [0.05, 0.1) is 0 Å². The monoisotopic (exact) mass is 281 g/mol. The van der Waals surface area contributed by atoms with Gasteiger partial charge in [-0.15, -0.1) is 0 Å². The molecule has 0 aliphatic carbocycles. The molecule has 0 saturated carbocycles. The van der Waals surface area contributed by atoms with Crippen LogP contribution in [-0.4, -0.2) is 5.91 Å². The van der Waals surface area contributed by atoms with Gasteiger partial charge in [0.15, 0.2) is 0 Å². The highest BCUT2D eigenvalue weighted by Gasteiger charge is 2.08. The first-order valence-electron chi connectivity index (χ1n) is 6.97. The second-order valence-electron chi connectivity index (χ2n) is 4.82. The molecule has 20 heavy (non-hydrogen) atoms. The van der Waals surface area contributed by atoms with E-state index in [2.05, 4.69) is 0 Å². The van der Waals surface area contributed by atoms with E-state index in [1.165, 1.54) is 12.1 Å². The summed E-state index contributed by atoms with van der Waals surface area (Å²) in [5, 5.41) is 0. The lowest BCUT2D eigenvalue weighted by Crippen LogP contribution is -2.09. The fraction of sp³-hybridized carbons (Fsp3) is 0.438. The summed E-state index contributed by atoms with van der Waals surface area (Å²) in [5.41, 5.74) is 6.42. The standard InChI is InChI=1S/C16H21F2NO/c1-2-6-12(7-4-3-5-8-16(19)20)14-10-9-13(17)11-15(14)18/h7,9-11H,2-6,8H2,1H3,(H2,19,20)/b12-7-. The van der Waals surface area contributed by atoms with Crippen LogP contribution in [0.3, 0.4) is 0 Å². The third-order valence-corrected chi connectivity index (χ3v) is 3.06. The highest BCUT2D eigenvalue weighted by Crippen LogP contribution is 2.24. The van der Waals surface area contributed by atoms with Gasteiger partial charge in [-0.2, -0.15) is 0 Å². The minimum atomic E-state index is -0.566. The van der Waals surface area contributed by atoms with Crippen LogP contribution in [0, 0.1) is 11.6 Å². The molecule has 0 unspecified atom stereocenters. The van der Waals surface area contributed by atoms with Crippen LogP contribution in [0.4, 0.5) is 8.78 Å². The fourth-order valence-electron chi connectivity index (χ4n) is 2.09. The molecule has 0 radical (unpaired) electrons. The maximum Gasteiger partial charge on any atom is 0.217 e. The van der Waals surface area contributed by atoms with Crippen LogP contribution in [0.2, 0.25) is 0 Å². The summed E-state index contributed by atoms with van der Waals surface area (Å²) in [4.78, 5) is 10.6. The molecular formula is C16H21F2NO. The van der Waals surface area contributed by atoms with Crippen molar-refractivity contribution in [2.45, 2.75) is 45.4 Å². The lowest BCUT2D eigenvalue weighted by Gasteiger charge is -2.08. The lowest BCUT2D eigenvalue weighted by molar-refractivity contribution is -0.118. The number of nitrogens with two attached hydrogens (primary N) is 1. The molecule has 0 heterocycles. The SMILES string of the molecule is CCC/C(=C/CCCCC(N)=O)c1ccc(F)cc1F. The Morgan fingerprint density at radius 3 is 2.60 bits per heavy atom. The Morgan fingerprint density at radius 2 is 2.00 bits per heavy atom. The van der Waals surface area contributed by atoms with E-state index in [4.69, 9.17) is 5.73 Å². The van der Waals surface area contributed by atoms with Crippen molar-refractivity contribution in [3.63, 3.8) is 0 Å². The molecule has 0 spiro atoms. The predicted octanol–water partition coefficient (Wildman–Crippen LogP) is 4.19. The number of rotatable bonds is 8. The van der Waals surface area contributed by atoms with Gasteiger partial charge in [-0.25, -0.2) is 8.78 Å². The molecule has 0 bridgehead atoms. The van der Waals surface area contributed by atoms with Crippen LogP contribution >= 0.6 is 0 Å². The van der Waals surface area contributed by atoms with E-state index in [-0.39, 0.29) is 5.91 Å². The fourth-order valence-corrected chi connectivity index (χ4v) is 2.09. The number of halogens is 2. The van der Waals surface area contributed by atoms with Gasteiger partial charge in [0.1, 0.15) is 11.6 Å². The van der Waals surface area contributed by atoms with Gasteiger partial charge in [0, 0.05) is 18.1 Å². The number of amides is 1. The van der Waals surface area contributed by atoms with Crippen LogP contribution in [0.15, 0.2) is 24.3 Å². The molecule has 4 heteroatoms. The highest BCUT2D eigenvalue weighted by atomic mass is 19.1. The average molecular weight is 281 g/mol. The molecule has 110 valence electrons. The Balaban J connectivity index is 2.69. The highest BCUT2D eigenvalue weighted by molar-refractivity contribution is 5.73. The van der Waals surface area contributed by atoms with Gasteiger partial charge < -0.3 is 5.73 Å². The molecule has 0 saturated heterocycles. The van der Waals surface area contributed by atoms with Gasteiger partial charge in [0.25, 0.3) is 0 Å². The smallest absolute Gasteiger partial charge is 0.217 e. The number of carbonyl (C=O) groups excluding carboxylic acids is 1. The van der Waals surface area contributed by atoms with Gasteiger partial charge in [-0.05, 0) is 43.4 Å². The summed E-state index contributed by atoms with van der Waals surface area (Å²) < 4.78 is 26.7. The normalized spacial score (nSPS) is 11.7. The molecule has 1 amide bonds. The van der Waals surface area contributed by atoms with E-state index in [0.29, 0.717) is 12.0 Å². The Hall–Kier alpha value is -1.71. The molecule has 1 aromatic rings. The van der Waals surface area contributed by atoms with E-state index < -0.39 is 11.6 Å². The zero-order valence-electron chi connectivity index (χ0n) is 11.8. The van der Waals surface area contributed by atoms with Gasteiger partial charge in [-0.1, -0.05) is 19.4 Å². The molecule has 1 aromatic carbocycles. The predicted molar refractivity (Wildman–Crippen MR) is 76.9 cm³/mol. The number of hydrogen-bond donors (Lipinski definition) is 1. The van der Waals surface area contributed by atoms with Crippen molar-refractivity contribution in [1.29, 1.82) is 0 Å². The summed E-state index contributed by atoms with van der Waals surface area (Å²) in [6.07, 6.45) is 6.32. The number of benzene rings is 1. The Morgan fingerprint density at radius 1 is 1.25 bits per heavy atom. The summed E-state index contributed by atoms with van der Waals surface area (Å²) in [6.45, 7) is 2.02.